The zero-order chi connectivity index (χ0) is 30.3. The van der Waals surface area contributed by atoms with Crippen molar-refractivity contribution in [1.82, 2.24) is 10.2 Å². The van der Waals surface area contributed by atoms with Gasteiger partial charge in [-0.1, -0.05) is 73.3 Å². The van der Waals surface area contributed by atoms with Crippen LogP contribution in [0.25, 0.3) is 0 Å². The van der Waals surface area contributed by atoms with Gasteiger partial charge in [0, 0.05) is 12.6 Å². The molecule has 1 fully saturated rings. The minimum Gasteiger partial charge on any atom is -0.497 e. The molecule has 0 radical (unpaired) electrons. The molecule has 1 atom stereocenters. The molecule has 1 aliphatic carbocycles. The number of anilines is 1. The van der Waals surface area contributed by atoms with Crippen molar-refractivity contribution in [3.8, 4) is 5.75 Å². The van der Waals surface area contributed by atoms with E-state index in [0.717, 1.165) is 35.6 Å². The molecular formula is C31H35Cl2N3O5S. The maximum Gasteiger partial charge on any atom is 0.264 e. The third kappa shape index (κ3) is 7.56. The van der Waals surface area contributed by atoms with E-state index in [2.05, 4.69) is 5.32 Å². The van der Waals surface area contributed by atoms with Crippen LogP contribution in [0.3, 0.4) is 0 Å². The van der Waals surface area contributed by atoms with Gasteiger partial charge in [0.25, 0.3) is 10.0 Å². The molecule has 1 N–H and O–H groups in total. The fraction of sp³-hybridized carbons (Fsp3) is 0.355. The lowest BCUT2D eigenvalue weighted by Crippen LogP contribution is -2.53. The van der Waals surface area contributed by atoms with Gasteiger partial charge in [0.2, 0.25) is 11.8 Å². The van der Waals surface area contributed by atoms with E-state index in [0.29, 0.717) is 12.2 Å². The molecule has 11 heteroatoms. The summed E-state index contributed by atoms with van der Waals surface area (Å²) >= 11 is 12.4. The van der Waals surface area contributed by atoms with Crippen molar-refractivity contribution in [2.75, 3.05) is 18.0 Å². The van der Waals surface area contributed by atoms with Crippen molar-refractivity contribution >= 4 is 50.7 Å². The van der Waals surface area contributed by atoms with Crippen LogP contribution in [0.5, 0.6) is 5.75 Å². The third-order valence-corrected chi connectivity index (χ3v) is 9.90. The van der Waals surface area contributed by atoms with Crippen molar-refractivity contribution in [2.45, 2.75) is 62.6 Å². The van der Waals surface area contributed by atoms with Crippen LogP contribution in [0.2, 0.25) is 10.0 Å². The fourth-order valence-electron chi connectivity index (χ4n) is 5.14. The molecule has 0 aliphatic heterocycles. The number of nitrogens with one attached hydrogen (secondary N) is 1. The number of hydrogen-bond acceptors (Lipinski definition) is 5. The van der Waals surface area contributed by atoms with Crippen LogP contribution >= 0.6 is 23.2 Å². The summed E-state index contributed by atoms with van der Waals surface area (Å²) in [6.07, 6.45) is 4.22. The molecule has 2 amide bonds. The average Bonchev–Trinajstić information content (AvgIpc) is 3.50. The first-order chi connectivity index (χ1) is 20.1. The van der Waals surface area contributed by atoms with Gasteiger partial charge in [-0.15, -0.1) is 0 Å². The number of rotatable bonds is 12. The summed E-state index contributed by atoms with van der Waals surface area (Å²) in [6.45, 7) is 1.35. The number of sulfonamides is 1. The summed E-state index contributed by atoms with van der Waals surface area (Å²) in [6, 6.07) is 18.7. The zero-order valence-electron chi connectivity index (χ0n) is 23.6. The Labute approximate surface area is 257 Å². The molecule has 0 saturated heterocycles. The number of ether oxygens (including phenoxy) is 1. The van der Waals surface area contributed by atoms with Crippen LogP contribution in [0.1, 0.15) is 44.6 Å². The maximum atomic E-state index is 14.2. The first-order valence-electron chi connectivity index (χ1n) is 13.9. The molecule has 0 heterocycles. The summed E-state index contributed by atoms with van der Waals surface area (Å²) in [4.78, 5) is 29.2. The molecule has 8 nitrogen and oxygen atoms in total. The lowest BCUT2D eigenvalue weighted by molar-refractivity contribution is -0.140. The molecule has 0 unspecified atom stereocenters. The SMILES string of the molecule is CC[C@H](C(=O)NC1CCCC1)N(Cc1cccc(OC)c1)C(=O)CN(c1ccc(Cl)c(Cl)c1)S(=O)(=O)c1ccccc1. The molecule has 4 rings (SSSR count). The minimum absolute atomic E-state index is 0.00855. The van der Waals surface area contributed by atoms with E-state index in [-0.39, 0.29) is 39.1 Å². The van der Waals surface area contributed by atoms with Crippen molar-refractivity contribution in [3.05, 3.63) is 88.4 Å². The lowest BCUT2D eigenvalue weighted by atomic mass is 10.1. The topological polar surface area (TPSA) is 96.0 Å². The molecule has 3 aromatic carbocycles. The van der Waals surface area contributed by atoms with Gasteiger partial charge in [-0.05, 0) is 67.3 Å². The van der Waals surface area contributed by atoms with Crippen LogP contribution in [-0.2, 0) is 26.2 Å². The molecule has 1 saturated carbocycles. The number of carbonyl (C=O) groups is 2. The molecule has 1 aliphatic rings. The Bertz CT molecular complexity index is 1500. The lowest BCUT2D eigenvalue weighted by Gasteiger charge is -2.34. The number of hydrogen-bond donors (Lipinski definition) is 1. The van der Waals surface area contributed by atoms with Crippen LogP contribution in [0.4, 0.5) is 5.69 Å². The number of nitrogens with zero attached hydrogens (tertiary/aromatic N) is 2. The van der Waals surface area contributed by atoms with Gasteiger partial charge in [0.05, 0.1) is 27.7 Å². The van der Waals surface area contributed by atoms with Gasteiger partial charge in [0.1, 0.15) is 18.3 Å². The summed E-state index contributed by atoms with van der Waals surface area (Å²) in [5.41, 5.74) is 0.910. The maximum absolute atomic E-state index is 14.2. The van der Waals surface area contributed by atoms with Gasteiger partial charge >= 0.3 is 0 Å². The predicted octanol–water partition coefficient (Wildman–Crippen LogP) is 6.06. The number of benzene rings is 3. The number of amides is 2. The van der Waals surface area contributed by atoms with Crippen molar-refractivity contribution in [3.63, 3.8) is 0 Å². The van der Waals surface area contributed by atoms with E-state index in [4.69, 9.17) is 27.9 Å². The van der Waals surface area contributed by atoms with E-state index >= 15 is 0 Å². The molecule has 224 valence electrons. The third-order valence-electron chi connectivity index (χ3n) is 7.38. The quantitative estimate of drug-likeness (QED) is 0.262. The molecule has 3 aromatic rings. The van der Waals surface area contributed by atoms with Crippen molar-refractivity contribution in [2.24, 2.45) is 0 Å². The van der Waals surface area contributed by atoms with Gasteiger partial charge in [0.15, 0.2) is 0 Å². The summed E-state index contributed by atoms with van der Waals surface area (Å²) in [7, 11) is -2.65. The molecule has 0 bridgehead atoms. The van der Waals surface area contributed by atoms with E-state index < -0.39 is 28.5 Å². The predicted molar refractivity (Wildman–Crippen MR) is 165 cm³/mol. The van der Waals surface area contributed by atoms with E-state index in [1.54, 1.807) is 43.5 Å². The second-order valence-electron chi connectivity index (χ2n) is 10.2. The minimum atomic E-state index is -4.20. The smallest absolute Gasteiger partial charge is 0.264 e. The Morgan fingerprint density at radius 1 is 0.976 bits per heavy atom. The standard InChI is InChI=1S/C31H35Cl2N3O5S/c1-3-29(31(38)34-23-11-7-8-12-23)35(20-22-10-9-13-25(18-22)41-2)30(37)21-36(24-16-17-27(32)28(33)19-24)42(39,40)26-14-5-4-6-15-26/h4-6,9-10,13-19,23,29H,3,7-8,11-12,20-21H2,1-2H3,(H,34,38)/t29-/m1/s1. The van der Waals surface area contributed by atoms with Crippen LogP contribution < -0.4 is 14.4 Å². The van der Waals surface area contributed by atoms with E-state index in [1.807, 2.05) is 13.0 Å². The van der Waals surface area contributed by atoms with Crippen molar-refractivity contribution < 1.29 is 22.7 Å². The van der Waals surface area contributed by atoms with Gasteiger partial charge in [-0.25, -0.2) is 8.42 Å². The summed E-state index contributed by atoms with van der Waals surface area (Å²) < 4.78 is 34.2. The Kier molecular flexibility index (Phi) is 10.8. The van der Waals surface area contributed by atoms with Crippen LogP contribution in [0.15, 0.2) is 77.7 Å². The number of halogens is 2. The van der Waals surface area contributed by atoms with Gasteiger partial charge in [-0.2, -0.15) is 0 Å². The highest BCUT2D eigenvalue weighted by atomic mass is 35.5. The largest absolute Gasteiger partial charge is 0.497 e. The van der Waals surface area contributed by atoms with Gasteiger partial charge in [-0.3, -0.25) is 13.9 Å². The first kappa shape index (κ1) is 31.7. The average molecular weight is 633 g/mol. The fourth-order valence-corrected chi connectivity index (χ4v) is 6.86. The van der Waals surface area contributed by atoms with Crippen LogP contribution in [-0.4, -0.2) is 50.9 Å². The highest BCUT2D eigenvalue weighted by molar-refractivity contribution is 7.92. The highest BCUT2D eigenvalue weighted by Gasteiger charge is 2.34. The Morgan fingerprint density at radius 3 is 2.33 bits per heavy atom. The molecule has 0 aromatic heterocycles. The summed E-state index contributed by atoms with van der Waals surface area (Å²) in [5, 5.41) is 3.50. The number of methoxy groups -OCH3 is 1. The van der Waals surface area contributed by atoms with Crippen molar-refractivity contribution in [1.29, 1.82) is 0 Å². The van der Waals surface area contributed by atoms with Gasteiger partial charge < -0.3 is 15.0 Å². The van der Waals surface area contributed by atoms with E-state index in [1.165, 1.54) is 35.2 Å². The Balaban J connectivity index is 1.73. The molecular weight excluding hydrogens is 597 g/mol. The first-order valence-corrected chi connectivity index (χ1v) is 16.1. The second kappa shape index (κ2) is 14.3. The Hall–Kier alpha value is -3.27. The summed E-state index contributed by atoms with van der Waals surface area (Å²) in [5.74, 6) is -0.197. The van der Waals surface area contributed by atoms with E-state index in [9.17, 15) is 18.0 Å². The second-order valence-corrected chi connectivity index (χ2v) is 12.9. The zero-order valence-corrected chi connectivity index (χ0v) is 26.0. The molecule has 0 spiro atoms. The highest BCUT2D eigenvalue weighted by Crippen LogP contribution is 2.31. The Morgan fingerprint density at radius 2 is 1.69 bits per heavy atom. The van der Waals surface area contributed by atoms with Crippen LogP contribution in [0, 0.1) is 0 Å². The molecule has 42 heavy (non-hydrogen) atoms. The number of carbonyl (C=O) groups excluding carboxylic acids is 2. The normalized spacial score (nSPS) is 14.3. The monoisotopic (exact) mass is 631 g/mol.